The molecule has 1 heterocycles. The Bertz CT molecular complexity index is 718. The number of thiazole rings is 1. The molecule has 4 nitrogen and oxygen atoms in total. The molecule has 0 bridgehead atoms. The maximum atomic E-state index is 11.7. The van der Waals surface area contributed by atoms with Crippen molar-refractivity contribution in [1.29, 1.82) is 0 Å². The van der Waals surface area contributed by atoms with Gasteiger partial charge < -0.3 is 9.30 Å². The molecule has 0 N–H and O–H groups in total. The third kappa shape index (κ3) is 3.54. The van der Waals surface area contributed by atoms with Gasteiger partial charge in [-0.2, -0.15) is 4.99 Å². The molecule has 1 aromatic carbocycles. The van der Waals surface area contributed by atoms with Crippen molar-refractivity contribution in [2.75, 3.05) is 13.2 Å². The summed E-state index contributed by atoms with van der Waals surface area (Å²) in [4.78, 5) is 16.6. The molecule has 0 radical (unpaired) electrons. The van der Waals surface area contributed by atoms with E-state index in [1.165, 1.54) is 11.3 Å². The van der Waals surface area contributed by atoms with Gasteiger partial charge in [-0.15, -0.1) is 0 Å². The predicted octanol–water partition coefficient (Wildman–Crippen LogP) is 3.54. The zero-order chi connectivity index (χ0) is 15.4. The zero-order valence-electron chi connectivity index (χ0n) is 12.5. The van der Waals surface area contributed by atoms with Crippen LogP contribution in [-0.2, 0) is 16.1 Å². The molecule has 0 aliphatic heterocycles. The van der Waals surface area contributed by atoms with E-state index in [9.17, 15) is 4.79 Å². The van der Waals surface area contributed by atoms with Crippen molar-refractivity contribution >= 4 is 39.1 Å². The lowest BCUT2D eigenvalue weighted by molar-refractivity contribution is -0.117. The Morgan fingerprint density at radius 2 is 2.19 bits per heavy atom. The standard InChI is InChI=1S/C15H19ClN2O2S/c1-4-13(19)17-15-18(8-9-20-5-2)14-10(3)11(16)6-7-12(14)21-15/h6-7H,4-5,8-9H2,1-3H3. The molecule has 0 atom stereocenters. The number of fused-ring (bicyclic) bond motifs is 1. The zero-order valence-corrected chi connectivity index (χ0v) is 14.1. The van der Waals surface area contributed by atoms with Gasteiger partial charge in [0.2, 0.25) is 5.91 Å². The molecule has 1 amide bonds. The molecule has 0 aliphatic carbocycles. The van der Waals surface area contributed by atoms with E-state index < -0.39 is 0 Å². The van der Waals surface area contributed by atoms with Gasteiger partial charge in [0.1, 0.15) is 0 Å². The van der Waals surface area contributed by atoms with Crippen LogP contribution in [0.4, 0.5) is 0 Å². The second-order valence-electron chi connectivity index (χ2n) is 4.61. The van der Waals surface area contributed by atoms with E-state index in [0.29, 0.717) is 31.0 Å². The summed E-state index contributed by atoms with van der Waals surface area (Å²) in [7, 11) is 0. The monoisotopic (exact) mass is 326 g/mol. The summed E-state index contributed by atoms with van der Waals surface area (Å²) in [6.07, 6.45) is 0.402. The predicted molar refractivity (Wildman–Crippen MR) is 86.9 cm³/mol. The van der Waals surface area contributed by atoms with E-state index in [4.69, 9.17) is 16.3 Å². The van der Waals surface area contributed by atoms with Gasteiger partial charge in [0.05, 0.1) is 16.8 Å². The average molecular weight is 327 g/mol. The summed E-state index contributed by atoms with van der Waals surface area (Å²) in [5, 5.41) is 0.721. The Morgan fingerprint density at radius 1 is 1.43 bits per heavy atom. The first-order valence-electron chi connectivity index (χ1n) is 7.02. The Labute approximate surface area is 133 Å². The lowest BCUT2D eigenvalue weighted by atomic mass is 10.2. The maximum absolute atomic E-state index is 11.7. The lowest BCUT2D eigenvalue weighted by Crippen LogP contribution is -2.20. The minimum atomic E-state index is -0.115. The number of ether oxygens (including phenoxy) is 1. The van der Waals surface area contributed by atoms with Crippen molar-refractivity contribution in [3.8, 4) is 0 Å². The van der Waals surface area contributed by atoms with Gasteiger partial charge >= 0.3 is 0 Å². The first kappa shape index (κ1) is 16.2. The van der Waals surface area contributed by atoms with E-state index >= 15 is 0 Å². The number of hydrogen-bond donors (Lipinski definition) is 0. The van der Waals surface area contributed by atoms with E-state index in [1.807, 2.05) is 37.5 Å². The van der Waals surface area contributed by atoms with Gasteiger partial charge in [-0.25, -0.2) is 0 Å². The summed E-state index contributed by atoms with van der Waals surface area (Å²) >= 11 is 7.74. The fraction of sp³-hybridized carbons (Fsp3) is 0.467. The highest BCUT2D eigenvalue weighted by molar-refractivity contribution is 7.16. The Kier molecular flexibility index (Phi) is 5.56. The number of benzene rings is 1. The number of carbonyl (C=O) groups excluding carboxylic acids is 1. The molecular formula is C15H19ClN2O2S. The number of amides is 1. The quantitative estimate of drug-likeness (QED) is 0.789. The van der Waals surface area contributed by atoms with Gasteiger partial charge in [0, 0.05) is 24.6 Å². The van der Waals surface area contributed by atoms with E-state index in [1.54, 1.807) is 0 Å². The number of aromatic nitrogens is 1. The van der Waals surface area contributed by atoms with Crippen LogP contribution in [0.25, 0.3) is 10.2 Å². The van der Waals surface area contributed by atoms with Crippen LogP contribution < -0.4 is 4.80 Å². The topological polar surface area (TPSA) is 43.6 Å². The van der Waals surface area contributed by atoms with Crippen LogP contribution in [0.15, 0.2) is 17.1 Å². The van der Waals surface area contributed by atoms with Crippen molar-refractivity contribution in [3.63, 3.8) is 0 Å². The van der Waals surface area contributed by atoms with E-state index in [-0.39, 0.29) is 5.91 Å². The Hall–Kier alpha value is -1.17. The largest absolute Gasteiger partial charge is 0.380 e. The fourth-order valence-electron chi connectivity index (χ4n) is 2.09. The van der Waals surface area contributed by atoms with Crippen LogP contribution in [0.1, 0.15) is 25.8 Å². The second kappa shape index (κ2) is 7.20. The molecule has 2 rings (SSSR count). The summed E-state index contributed by atoms with van der Waals surface area (Å²) in [5.74, 6) is -0.115. The normalized spacial score (nSPS) is 12.3. The van der Waals surface area contributed by atoms with Crippen LogP contribution in [0, 0.1) is 6.92 Å². The molecule has 21 heavy (non-hydrogen) atoms. The van der Waals surface area contributed by atoms with Gasteiger partial charge in [0.15, 0.2) is 4.80 Å². The molecule has 0 saturated carbocycles. The molecule has 0 fully saturated rings. The lowest BCUT2D eigenvalue weighted by Gasteiger charge is -2.08. The van der Waals surface area contributed by atoms with Crippen molar-refractivity contribution in [3.05, 3.63) is 27.5 Å². The van der Waals surface area contributed by atoms with Crippen LogP contribution in [0.3, 0.4) is 0 Å². The summed E-state index contributed by atoms with van der Waals surface area (Å²) in [5.41, 5.74) is 2.04. The van der Waals surface area contributed by atoms with E-state index in [2.05, 4.69) is 4.99 Å². The minimum Gasteiger partial charge on any atom is -0.380 e. The maximum Gasteiger partial charge on any atom is 0.248 e. The third-order valence-corrected chi connectivity index (χ3v) is 4.67. The van der Waals surface area contributed by atoms with Gasteiger partial charge in [-0.05, 0) is 31.5 Å². The Balaban J connectivity index is 2.61. The summed E-state index contributed by atoms with van der Waals surface area (Å²) in [6.45, 7) is 7.67. The van der Waals surface area contributed by atoms with Crippen LogP contribution in [-0.4, -0.2) is 23.7 Å². The number of nitrogens with zero attached hydrogens (tertiary/aromatic N) is 2. The smallest absolute Gasteiger partial charge is 0.248 e. The molecule has 0 saturated heterocycles. The first-order chi connectivity index (χ1) is 10.1. The van der Waals surface area contributed by atoms with Crippen LogP contribution >= 0.6 is 22.9 Å². The molecule has 0 unspecified atom stereocenters. The Morgan fingerprint density at radius 3 is 2.86 bits per heavy atom. The summed E-state index contributed by atoms with van der Waals surface area (Å²) < 4.78 is 8.55. The average Bonchev–Trinajstić information content (AvgIpc) is 2.81. The van der Waals surface area contributed by atoms with Crippen LogP contribution in [0.2, 0.25) is 5.02 Å². The first-order valence-corrected chi connectivity index (χ1v) is 8.21. The van der Waals surface area contributed by atoms with Crippen molar-refractivity contribution in [2.45, 2.75) is 33.7 Å². The van der Waals surface area contributed by atoms with Crippen molar-refractivity contribution in [1.82, 2.24) is 4.57 Å². The third-order valence-electron chi connectivity index (χ3n) is 3.22. The van der Waals surface area contributed by atoms with Gasteiger partial charge in [-0.3, -0.25) is 4.79 Å². The SMILES string of the molecule is CCOCCn1c(=NC(=O)CC)sc2ccc(Cl)c(C)c21. The number of halogens is 1. The number of carbonyl (C=O) groups is 1. The van der Waals surface area contributed by atoms with Crippen LogP contribution in [0.5, 0.6) is 0 Å². The summed E-state index contributed by atoms with van der Waals surface area (Å²) in [6, 6.07) is 3.86. The molecule has 2 aromatic rings. The molecule has 0 spiro atoms. The highest BCUT2D eigenvalue weighted by Gasteiger charge is 2.11. The molecular weight excluding hydrogens is 308 g/mol. The van der Waals surface area contributed by atoms with E-state index in [0.717, 1.165) is 20.8 Å². The highest BCUT2D eigenvalue weighted by Crippen LogP contribution is 2.27. The fourth-order valence-corrected chi connectivity index (χ4v) is 3.38. The number of hydrogen-bond acceptors (Lipinski definition) is 3. The molecule has 1 aromatic heterocycles. The van der Waals surface area contributed by atoms with Gasteiger partial charge in [-0.1, -0.05) is 29.9 Å². The minimum absolute atomic E-state index is 0.115. The molecule has 114 valence electrons. The number of aryl methyl sites for hydroxylation is 1. The highest BCUT2D eigenvalue weighted by atomic mass is 35.5. The molecule has 0 aliphatic rings. The van der Waals surface area contributed by atoms with Crippen molar-refractivity contribution in [2.24, 2.45) is 4.99 Å². The number of rotatable bonds is 5. The van der Waals surface area contributed by atoms with Gasteiger partial charge in [0.25, 0.3) is 0 Å². The van der Waals surface area contributed by atoms with Crippen molar-refractivity contribution < 1.29 is 9.53 Å². The second-order valence-corrected chi connectivity index (χ2v) is 6.03. The molecule has 6 heteroatoms.